The molecule has 1 unspecified atom stereocenters. The van der Waals surface area contributed by atoms with E-state index in [4.69, 9.17) is 5.73 Å². The fourth-order valence-corrected chi connectivity index (χ4v) is 2.38. The Morgan fingerprint density at radius 1 is 1.25 bits per heavy atom. The maximum absolute atomic E-state index is 13.6. The molecule has 0 spiro atoms. The molecule has 1 aliphatic rings. The molecule has 0 saturated carbocycles. The van der Waals surface area contributed by atoms with E-state index in [0.717, 1.165) is 25.2 Å². The van der Waals surface area contributed by atoms with Gasteiger partial charge in [0.15, 0.2) is 0 Å². The van der Waals surface area contributed by atoms with E-state index in [-0.39, 0.29) is 11.7 Å². The van der Waals surface area contributed by atoms with E-state index in [1.807, 2.05) is 12.1 Å². The van der Waals surface area contributed by atoms with Crippen LogP contribution in [0, 0.1) is 5.82 Å². The van der Waals surface area contributed by atoms with Gasteiger partial charge in [0, 0.05) is 19.0 Å². The van der Waals surface area contributed by atoms with Crippen molar-refractivity contribution in [1.29, 1.82) is 0 Å². The molecule has 0 bridgehead atoms. The number of nitrogens with two attached hydrogens (primary N) is 1. The summed E-state index contributed by atoms with van der Waals surface area (Å²) < 4.78 is 13.6. The van der Waals surface area contributed by atoms with E-state index in [0.29, 0.717) is 6.54 Å². The average molecular weight is 222 g/mol. The maximum atomic E-state index is 13.6. The molecule has 16 heavy (non-hydrogen) atoms. The predicted molar refractivity (Wildman–Crippen MR) is 63.9 cm³/mol. The lowest BCUT2D eigenvalue weighted by Gasteiger charge is -2.22. The molecule has 0 radical (unpaired) electrons. The third-order valence-electron chi connectivity index (χ3n) is 3.31. The van der Waals surface area contributed by atoms with E-state index in [1.54, 1.807) is 6.07 Å². The summed E-state index contributed by atoms with van der Waals surface area (Å²) >= 11 is 0. The van der Waals surface area contributed by atoms with E-state index >= 15 is 0 Å². The summed E-state index contributed by atoms with van der Waals surface area (Å²) in [6, 6.07) is 6.97. The number of nitrogens with zero attached hydrogens (tertiary/aromatic N) is 1. The van der Waals surface area contributed by atoms with Crippen LogP contribution in [0.4, 0.5) is 4.39 Å². The van der Waals surface area contributed by atoms with Gasteiger partial charge in [-0.25, -0.2) is 4.39 Å². The van der Waals surface area contributed by atoms with Gasteiger partial charge in [-0.15, -0.1) is 0 Å². The van der Waals surface area contributed by atoms with Gasteiger partial charge in [-0.2, -0.15) is 0 Å². The van der Waals surface area contributed by atoms with E-state index < -0.39 is 0 Å². The second kappa shape index (κ2) is 5.41. The highest BCUT2D eigenvalue weighted by Gasteiger charge is 2.19. The van der Waals surface area contributed by atoms with Crippen LogP contribution in [0.1, 0.15) is 24.3 Å². The van der Waals surface area contributed by atoms with Gasteiger partial charge in [-0.05, 0) is 37.6 Å². The van der Waals surface area contributed by atoms with Crippen molar-refractivity contribution in [2.75, 3.05) is 26.2 Å². The molecule has 2 nitrogen and oxygen atoms in total. The first-order valence-corrected chi connectivity index (χ1v) is 5.98. The zero-order valence-electron chi connectivity index (χ0n) is 9.53. The fraction of sp³-hybridized carbons (Fsp3) is 0.538. The lowest BCUT2D eigenvalue weighted by atomic mass is 9.98. The van der Waals surface area contributed by atoms with E-state index in [2.05, 4.69) is 4.90 Å². The van der Waals surface area contributed by atoms with Crippen molar-refractivity contribution in [3.63, 3.8) is 0 Å². The molecular formula is C13H19FN2. The van der Waals surface area contributed by atoms with Crippen molar-refractivity contribution in [2.24, 2.45) is 5.73 Å². The topological polar surface area (TPSA) is 29.3 Å². The first kappa shape index (κ1) is 11.6. The van der Waals surface area contributed by atoms with Gasteiger partial charge in [0.2, 0.25) is 0 Å². The Balaban J connectivity index is 2.06. The summed E-state index contributed by atoms with van der Waals surface area (Å²) in [7, 11) is 0. The van der Waals surface area contributed by atoms with Crippen LogP contribution in [0.3, 0.4) is 0 Å². The first-order chi connectivity index (χ1) is 7.81. The van der Waals surface area contributed by atoms with Gasteiger partial charge in [-0.3, -0.25) is 0 Å². The summed E-state index contributed by atoms with van der Waals surface area (Å²) in [5.41, 5.74) is 6.52. The van der Waals surface area contributed by atoms with Crippen molar-refractivity contribution in [3.05, 3.63) is 35.6 Å². The minimum Gasteiger partial charge on any atom is -0.330 e. The lowest BCUT2D eigenvalue weighted by molar-refractivity contribution is 0.312. The van der Waals surface area contributed by atoms with Crippen LogP contribution in [0.25, 0.3) is 0 Å². The molecule has 3 heteroatoms. The lowest BCUT2D eigenvalue weighted by Crippen LogP contribution is -2.30. The van der Waals surface area contributed by atoms with Crippen LogP contribution in [0.5, 0.6) is 0 Å². The number of benzene rings is 1. The Labute approximate surface area is 96.2 Å². The van der Waals surface area contributed by atoms with Gasteiger partial charge < -0.3 is 10.6 Å². The standard InChI is InChI=1S/C13H19FN2/c14-13-6-2-1-5-12(13)11(9-15)10-16-7-3-4-8-16/h1-2,5-6,11H,3-4,7-10,15H2. The molecule has 1 aromatic carbocycles. The zero-order chi connectivity index (χ0) is 11.4. The zero-order valence-corrected chi connectivity index (χ0v) is 9.53. The van der Waals surface area contributed by atoms with Gasteiger partial charge in [-0.1, -0.05) is 18.2 Å². The van der Waals surface area contributed by atoms with E-state index in [1.165, 1.54) is 18.9 Å². The van der Waals surface area contributed by atoms with Crippen LogP contribution < -0.4 is 5.73 Å². The second-order valence-electron chi connectivity index (χ2n) is 4.46. The van der Waals surface area contributed by atoms with Crippen LogP contribution in [-0.4, -0.2) is 31.1 Å². The van der Waals surface area contributed by atoms with Crippen LogP contribution >= 0.6 is 0 Å². The van der Waals surface area contributed by atoms with Gasteiger partial charge in [0.25, 0.3) is 0 Å². The maximum Gasteiger partial charge on any atom is 0.126 e. The average Bonchev–Trinajstić information content (AvgIpc) is 2.80. The monoisotopic (exact) mass is 222 g/mol. The SMILES string of the molecule is NCC(CN1CCCC1)c1ccccc1F. The molecular weight excluding hydrogens is 203 g/mol. The molecule has 1 aliphatic heterocycles. The second-order valence-corrected chi connectivity index (χ2v) is 4.46. The van der Waals surface area contributed by atoms with Crippen molar-refractivity contribution >= 4 is 0 Å². The molecule has 1 heterocycles. The largest absolute Gasteiger partial charge is 0.330 e. The third-order valence-corrected chi connectivity index (χ3v) is 3.31. The van der Waals surface area contributed by atoms with Gasteiger partial charge in [0.1, 0.15) is 5.82 Å². The molecule has 0 aliphatic carbocycles. The summed E-state index contributed by atoms with van der Waals surface area (Å²) in [5, 5.41) is 0. The molecule has 2 N–H and O–H groups in total. The van der Waals surface area contributed by atoms with Crippen molar-refractivity contribution < 1.29 is 4.39 Å². The third kappa shape index (κ3) is 2.60. The highest BCUT2D eigenvalue weighted by molar-refractivity contribution is 5.22. The Bertz CT molecular complexity index is 334. The molecule has 88 valence electrons. The van der Waals surface area contributed by atoms with Gasteiger partial charge >= 0.3 is 0 Å². The normalized spacial score (nSPS) is 18.9. The summed E-state index contributed by atoms with van der Waals surface area (Å²) in [4.78, 5) is 2.38. The summed E-state index contributed by atoms with van der Waals surface area (Å²) in [6.07, 6.45) is 2.52. The first-order valence-electron chi connectivity index (χ1n) is 5.98. The Morgan fingerprint density at radius 2 is 1.94 bits per heavy atom. The molecule has 1 aromatic rings. The number of rotatable bonds is 4. The number of likely N-dealkylation sites (tertiary alicyclic amines) is 1. The van der Waals surface area contributed by atoms with Crippen molar-refractivity contribution in [2.45, 2.75) is 18.8 Å². The highest BCUT2D eigenvalue weighted by atomic mass is 19.1. The summed E-state index contributed by atoms with van der Waals surface area (Å²) in [5.74, 6) is -0.00329. The molecule has 1 atom stereocenters. The quantitative estimate of drug-likeness (QED) is 0.844. The molecule has 1 fully saturated rings. The molecule has 1 saturated heterocycles. The Morgan fingerprint density at radius 3 is 2.56 bits per heavy atom. The van der Waals surface area contributed by atoms with Crippen molar-refractivity contribution in [1.82, 2.24) is 4.90 Å². The fourth-order valence-electron chi connectivity index (χ4n) is 2.38. The Hall–Kier alpha value is -0.930. The number of hydrogen-bond acceptors (Lipinski definition) is 2. The van der Waals surface area contributed by atoms with Crippen LogP contribution in [0.15, 0.2) is 24.3 Å². The van der Waals surface area contributed by atoms with E-state index in [9.17, 15) is 4.39 Å². The molecule has 0 aromatic heterocycles. The Kier molecular flexibility index (Phi) is 3.91. The smallest absolute Gasteiger partial charge is 0.126 e. The molecule has 0 amide bonds. The summed E-state index contributed by atoms with van der Waals surface area (Å²) in [6.45, 7) is 3.66. The van der Waals surface area contributed by atoms with Crippen molar-refractivity contribution in [3.8, 4) is 0 Å². The van der Waals surface area contributed by atoms with Crippen LogP contribution in [0.2, 0.25) is 0 Å². The minimum atomic E-state index is -0.128. The van der Waals surface area contributed by atoms with Crippen LogP contribution in [-0.2, 0) is 0 Å². The van der Waals surface area contributed by atoms with Gasteiger partial charge in [0.05, 0.1) is 0 Å². The highest BCUT2D eigenvalue weighted by Crippen LogP contribution is 2.21. The minimum absolute atomic E-state index is 0.124. The number of hydrogen-bond donors (Lipinski definition) is 1. The predicted octanol–water partition coefficient (Wildman–Crippen LogP) is 1.96. The molecule has 2 rings (SSSR count). The number of halogens is 1.